The van der Waals surface area contributed by atoms with Crippen LogP contribution in [0.1, 0.15) is 51.6 Å². The highest BCUT2D eigenvalue weighted by atomic mass is 19.1. The molecule has 2 N–H and O–H groups in total. The zero-order valence-corrected chi connectivity index (χ0v) is 19.0. The number of carbonyl (C=O) groups excluding carboxylic acids is 2. The number of fused-ring (bicyclic) bond motifs is 2. The molecule has 1 unspecified atom stereocenters. The number of halogens is 1. The van der Waals surface area contributed by atoms with Crippen molar-refractivity contribution in [2.24, 2.45) is 11.1 Å². The Morgan fingerprint density at radius 2 is 2.00 bits per heavy atom. The van der Waals surface area contributed by atoms with Crippen molar-refractivity contribution < 1.29 is 14.0 Å². The summed E-state index contributed by atoms with van der Waals surface area (Å²) in [5, 5.41) is 9.26. The van der Waals surface area contributed by atoms with Gasteiger partial charge in [0.1, 0.15) is 11.9 Å². The Labute approximate surface area is 188 Å². The molecule has 172 valence electrons. The van der Waals surface area contributed by atoms with E-state index in [1.54, 1.807) is 17.0 Å². The van der Waals surface area contributed by atoms with E-state index in [0.717, 1.165) is 12.0 Å². The molecule has 3 heterocycles. The van der Waals surface area contributed by atoms with Crippen molar-refractivity contribution in [2.45, 2.75) is 70.2 Å². The van der Waals surface area contributed by atoms with E-state index >= 15 is 0 Å². The summed E-state index contributed by atoms with van der Waals surface area (Å²) in [6.07, 6.45) is 2.21. The number of hydrogen-bond donors (Lipinski definition) is 1. The summed E-state index contributed by atoms with van der Waals surface area (Å²) in [5.41, 5.74) is 6.94. The van der Waals surface area contributed by atoms with Crippen LogP contribution in [0.5, 0.6) is 0 Å². The summed E-state index contributed by atoms with van der Waals surface area (Å²) in [7, 11) is 0. The van der Waals surface area contributed by atoms with E-state index in [-0.39, 0.29) is 41.2 Å². The Balaban J connectivity index is 1.47. The van der Waals surface area contributed by atoms with E-state index in [1.165, 1.54) is 12.1 Å². The molecule has 1 aromatic carbocycles. The lowest BCUT2D eigenvalue weighted by Crippen LogP contribution is -2.57. The van der Waals surface area contributed by atoms with Crippen LogP contribution >= 0.6 is 0 Å². The van der Waals surface area contributed by atoms with E-state index < -0.39 is 12.1 Å². The first-order valence-corrected chi connectivity index (χ1v) is 11.4. The van der Waals surface area contributed by atoms with E-state index in [9.17, 15) is 19.2 Å². The van der Waals surface area contributed by atoms with Gasteiger partial charge in [0.15, 0.2) is 0 Å². The maximum Gasteiger partial charge on any atom is 0.241 e. The molecule has 0 spiro atoms. The Hall–Kier alpha value is -2.50. The van der Waals surface area contributed by atoms with Crippen LogP contribution in [0.2, 0.25) is 0 Å². The standard InChI is InChI=1S/C24H32FN5O2/c1-24(2,3)21(15-6-8-16(25)9-7-15)30-18-11-20(23(30)32)28(13-18)14-19(27)22(31)29-10-4-5-17(29)12-26/h6-9,17-21H,4-5,10-11,13-14,27H2,1-3H3/t17-,18-,19-,20-,21?/m0/s1. The van der Waals surface area contributed by atoms with Crippen LogP contribution in [0.25, 0.3) is 0 Å². The summed E-state index contributed by atoms with van der Waals surface area (Å²) in [4.78, 5) is 31.8. The van der Waals surface area contributed by atoms with Crippen molar-refractivity contribution in [3.63, 3.8) is 0 Å². The highest BCUT2D eigenvalue weighted by Crippen LogP contribution is 2.45. The number of carbonyl (C=O) groups is 2. The molecule has 0 saturated carbocycles. The van der Waals surface area contributed by atoms with Gasteiger partial charge < -0.3 is 15.5 Å². The van der Waals surface area contributed by atoms with Gasteiger partial charge in [-0.3, -0.25) is 14.5 Å². The molecule has 1 aromatic rings. The maximum atomic E-state index is 13.5. The Bertz CT molecular complexity index is 922. The van der Waals surface area contributed by atoms with Crippen LogP contribution in [0.15, 0.2) is 24.3 Å². The molecule has 2 bridgehead atoms. The lowest BCUT2D eigenvalue weighted by Gasteiger charge is -2.45. The molecule has 3 fully saturated rings. The van der Waals surface area contributed by atoms with Crippen molar-refractivity contribution in [2.75, 3.05) is 19.6 Å². The first kappa shape index (κ1) is 22.7. The highest BCUT2D eigenvalue weighted by molar-refractivity contribution is 5.87. The lowest BCUT2D eigenvalue weighted by atomic mass is 9.80. The summed E-state index contributed by atoms with van der Waals surface area (Å²) < 4.78 is 13.5. The maximum absolute atomic E-state index is 13.5. The molecule has 3 aliphatic rings. The lowest BCUT2D eigenvalue weighted by molar-refractivity contribution is -0.143. The number of piperazine rings is 1. The average Bonchev–Trinajstić information content (AvgIpc) is 3.44. The number of nitrogens with zero attached hydrogens (tertiary/aromatic N) is 4. The van der Waals surface area contributed by atoms with Gasteiger partial charge in [-0.1, -0.05) is 32.9 Å². The monoisotopic (exact) mass is 441 g/mol. The number of nitriles is 1. The minimum atomic E-state index is -0.750. The Morgan fingerprint density at radius 3 is 2.59 bits per heavy atom. The van der Waals surface area contributed by atoms with Crippen molar-refractivity contribution in [3.8, 4) is 6.07 Å². The zero-order chi connectivity index (χ0) is 23.2. The second-order valence-corrected chi connectivity index (χ2v) is 10.4. The third kappa shape index (κ3) is 4.00. The van der Waals surface area contributed by atoms with E-state index in [4.69, 9.17) is 5.73 Å². The van der Waals surface area contributed by atoms with Crippen molar-refractivity contribution >= 4 is 11.8 Å². The number of benzene rings is 1. The Kier molecular flexibility index (Phi) is 5.99. The summed E-state index contributed by atoms with van der Waals surface area (Å²) in [6, 6.07) is 7.01. The molecule has 3 saturated heterocycles. The molecule has 0 radical (unpaired) electrons. The van der Waals surface area contributed by atoms with Gasteiger partial charge in [0.25, 0.3) is 0 Å². The van der Waals surface area contributed by atoms with Crippen molar-refractivity contribution in [1.29, 1.82) is 5.26 Å². The number of hydrogen-bond acceptors (Lipinski definition) is 5. The van der Waals surface area contributed by atoms with Gasteiger partial charge in [0, 0.05) is 25.7 Å². The van der Waals surface area contributed by atoms with Crippen LogP contribution < -0.4 is 5.73 Å². The van der Waals surface area contributed by atoms with Crippen molar-refractivity contribution in [1.82, 2.24) is 14.7 Å². The van der Waals surface area contributed by atoms with Crippen LogP contribution in [0.3, 0.4) is 0 Å². The summed E-state index contributed by atoms with van der Waals surface area (Å²) in [5.74, 6) is -0.460. The molecule has 4 rings (SSSR count). The molecule has 0 aromatic heterocycles. The van der Waals surface area contributed by atoms with Gasteiger partial charge in [-0.05, 0) is 42.4 Å². The molecule has 7 nitrogen and oxygen atoms in total. The topological polar surface area (TPSA) is 93.7 Å². The fourth-order valence-electron chi connectivity index (χ4n) is 5.66. The van der Waals surface area contributed by atoms with Gasteiger partial charge in [-0.25, -0.2) is 4.39 Å². The molecule has 32 heavy (non-hydrogen) atoms. The van der Waals surface area contributed by atoms with Crippen LogP contribution in [-0.2, 0) is 9.59 Å². The quantitative estimate of drug-likeness (QED) is 0.755. The van der Waals surface area contributed by atoms with Gasteiger partial charge in [-0.2, -0.15) is 5.26 Å². The number of amides is 2. The van der Waals surface area contributed by atoms with E-state index in [0.29, 0.717) is 32.5 Å². The van der Waals surface area contributed by atoms with E-state index in [1.807, 2.05) is 9.80 Å². The fraction of sp³-hybridized carbons (Fsp3) is 0.625. The third-order valence-electron chi connectivity index (χ3n) is 7.03. The molecular formula is C24H32FN5O2. The zero-order valence-electron chi connectivity index (χ0n) is 19.0. The Morgan fingerprint density at radius 1 is 1.31 bits per heavy atom. The predicted octanol–water partition coefficient (Wildman–Crippen LogP) is 2.04. The summed E-state index contributed by atoms with van der Waals surface area (Å²) >= 11 is 0. The van der Waals surface area contributed by atoms with E-state index in [2.05, 4.69) is 26.8 Å². The van der Waals surface area contributed by atoms with Crippen LogP contribution in [0.4, 0.5) is 4.39 Å². The minimum absolute atomic E-state index is 0.0303. The van der Waals surface area contributed by atoms with Crippen LogP contribution in [-0.4, -0.2) is 70.3 Å². The highest BCUT2D eigenvalue weighted by Gasteiger charge is 2.54. The predicted molar refractivity (Wildman–Crippen MR) is 118 cm³/mol. The largest absolute Gasteiger partial charge is 0.329 e. The third-order valence-corrected chi connectivity index (χ3v) is 7.03. The molecule has 0 aliphatic carbocycles. The van der Waals surface area contributed by atoms with Gasteiger partial charge in [0.2, 0.25) is 11.8 Å². The smallest absolute Gasteiger partial charge is 0.241 e. The molecular weight excluding hydrogens is 409 g/mol. The SMILES string of the molecule is CC(C)(C)C(c1ccc(F)cc1)N1C(=O)[C@@H]2C[C@H]1CN2C[C@H](N)C(=O)N1CCC[C@H]1C#N. The molecule has 8 heteroatoms. The number of rotatable bonds is 5. The number of nitrogens with two attached hydrogens (primary N) is 1. The van der Waals surface area contributed by atoms with Gasteiger partial charge in [0.05, 0.1) is 24.2 Å². The fourth-order valence-corrected chi connectivity index (χ4v) is 5.66. The normalized spacial score (nSPS) is 27.6. The van der Waals surface area contributed by atoms with Gasteiger partial charge in [-0.15, -0.1) is 0 Å². The average molecular weight is 442 g/mol. The summed E-state index contributed by atoms with van der Waals surface area (Å²) in [6.45, 7) is 7.81. The van der Waals surface area contributed by atoms with Crippen LogP contribution in [0, 0.1) is 22.6 Å². The van der Waals surface area contributed by atoms with Gasteiger partial charge >= 0.3 is 0 Å². The second kappa shape index (κ2) is 8.45. The molecule has 2 amide bonds. The second-order valence-electron chi connectivity index (χ2n) is 10.4. The number of likely N-dealkylation sites (tertiary alicyclic amines) is 3. The molecule has 5 atom stereocenters. The van der Waals surface area contributed by atoms with Crippen molar-refractivity contribution in [3.05, 3.63) is 35.6 Å². The first-order valence-electron chi connectivity index (χ1n) is 11.4. The molecule has 3 aliphatic heterocycles. The first-order chi connectivity index (χ1) is 15.1. The minimum Gasteiger partial charge on any atom is -0.329 e.